The number of carbonyl (C=O) groups excluding carboxylic acids is 1. The molecule has 24 heavy (non-hydrogen) atoms. The van der Waals surface area contributed by atoms with Crippen LogP contribution in [0.4, 0.5) is 4.79 Å². The van der Waals surface area contributed by atoms with Gasteiger partial charge in [0.2, 0.25) is 0 Å². The number of aromatic nitrogens is 1. The number of nitrogens with zero attached hydrogens (tertiary/aromatic N) is 3. The minimum absolute atomic E-state index is 0.197. The minimum atomic E-state index is 0.197. The smallest absolute Gasteiger partial charge is 0.317 e. The van der Waals surface area contributed by atoms with Crippen LogP contribution in [0, 0.1) is 5.92 Å². The van der Waals surface area contributed by atoms with Gasteiger partial charge in [0.25, 0.3) is 0 Å². The average Bonchev–Trinajstić information content (AvgIpc) is 3.19. The van der Waals surface area contributed by atoms with Crippen LogP contribution in [0.5, 0.6) is 0 Å². The molecule has 0 unspecified atom stereocenters. The van der Waals surface area contributed by atoms with Gasteiger partial charge in [-0.2, -0.15) is 0 Å². The predicted octanol–water partition coefficient (Wildman–Crippen LogP) is 3.08. The molecule has 1 aromatic rings. The van der Waals surface area contributed by atoms with E-state index in [2.05, 4.69) is 25.5 Å². The highest BCUT2D eigenvalue weighted by atomic mass is 32.1. The Bertz CT molecular complexity index is 537. The van der Waals surface area contributed by atoms with E-state index in [1.165, 1.54) is 37.8 Å². The van der Waals surface area contributed by atoms with Crippen LogP contribution in [-0.2, 0) is 6.54 Å². The van der Waals surface area contributed by atoms with Crippen LogP contribution < -0.4 is 5.32 Å². The highest BCUT2D eigenvalue weighted by molar-refractivity contribution is 7.07. The lowest BCUT2D eigenvalue weighted by molar-refractivity contribution is 0.130. The van der Waals surface area contributed by atoms with Crippen molar-refractivity contribution in [1.29, 1.82) is 0 Å². The molecule has 6 heteroatoms. The number of likely N-dealkylation sites (tertiary alicyclic amines) is 2. The number of urea groups is 1. The summed E-state index contributed by atoms with van der Waals surface area (Å²) in [5.74, 6) is 0.776. The molecule has 1 atom stereocenters. The first kappa shape index (κ1) is 16.3. The molecule has 3 fully saturated rings. The van der Waals surface area contributed by atoms with Gasteiger partial charge < -0.3 is 10.2 Å². The highest BCUT2D eigenvalue weighted by Crippen LogP contribution is 2.37. The number of piperidine rings is 1. The van der Waals surface area contributed by atoms with E-state index in [-0.39, 0.29) is 6.03 Å². The lowest BCUT2D eigenvalue weighted by Crippen LogP contribution is -2.52. The van der Waals surface area contributed by atoms with Gasteiger partial charge in [0.15, 0.2) is 0 Å². The van der Waals surface area contributed by atoms with Crippen molar-refractivity contribution in [1.82, 2.24) is 20.1 Å². The number of nitrogens with one attached hydrogen (secondary N) is 1. The number of hydrogen-bond donors (Lipinski definition) is 1. The van der Waals surface area contributed by atoms with Gasteiger partial charge in [0, 0.05) is 43.6 Å². The van der Waals surface area contributed by atoms with Crippen molar-refractivity contribution < 1.29 is 4.79 Å². The largest absolute Gasteiger partial charge is 0.335 e. The van der Waals surface area contributed by atoms with Crippen LogP contribution in [0.2, 0.25) is 0 Å². The Morgan fingerprint density at radius 2 is 2.00 bits per heavy atom. The molecule has 4 rings (SSSR count). The summed E-state index contributed by atoms with van der Waals surface area (Å²) in [4.78, 5) is 21.7. The summed E-state index contributed by atoms with van der Waals surface area (Å²) >= 11 is 1.66. The van der Waals surface area contributed by atoms with Gasteiger partial charge in [-0.3, -0.25) is 4.90 Å². The zero-order valence-electron chi connectivity index (χ0n) is 14.3. The third-order valence-corrected chi connectivity index (χ3v) is 6.67. The molecule has 2 amide bonds. The van der Waals surface area contributed by atoms with Crippen LogP contribution in [0.25, 0.3) is 0 Å². The Balaban J connectivity index is 1.23. The molecule has 2 saturated heterocycles. The van der Waals surface area contributed by atoms with Gasteiger partial charge >= 0.3 is 6.03 Å². The lowest BCUT2D eigenvalue weighted by Gasteiger charge is -2.38. The maximum Gasteiger partial charge on any atom is 0.317 e. The molecule has 0 aromatic carbocycles. The number of carbonyl (C=O) groups is 1. The molecule has 0 radical (unpaired) electrons. The van der Waals surface area contributed by atoms with E-state index in [0.717, 1.165) is 44.9 Å². The van der Waals surface area contributed by atoms with Gasteiger partial charge in [-0.15, -0.1) is 11.3 Å². The van der Waals surface area contributed by atoms with Crippen LogP contribution in [-0.4, -0.2) is 52.5 Å². The zero-order valence-corrected chi connectivity index (χ0v) is 15.1. The molecule has 0 spiro atoms. The number of rotatable bonds is 4. The fraction of sp³-hybridized carbons (Fsp3) is 0.778. The molecule has 2 aliphatic heterocycles. The predicted molar refractivity (Wildman–Crippen MR) is 96.0 cm³/mol. The quantitative estimate of drug-likeness (QED) is 0.910. The first-order valence-electron chi connectivity index (χ1n) is 9.46. The van der Waals surface area contributed by atoms with Gasteiger partial charge in [0.1, 0.15) is 0 Å². The fourth-order valence-electron chi connectivity index (χ4n) is 4.40. The third kappa shape index (κ3) is 3.59. The van der Waals surface area contributed by atoms with Crippen LogP contribution in [0.15, 0.2) is 10.9 Å². The molecular weight excluding hydrogens is 320 g/mol. The van der Waals surface area contributed by atoms with Crippen LogP contribution >= 0.6 is 11.3 Å². The van der Waals surface area contributed by atoms with E-state index in [4.69, 9.17) is 0 Å². The number of hydrogen-bond acceptors (Lipinski definition) is 4. The van der Waals surface area contributed by atoms with Crippen molar-refractivity contribution in [3.8, 4) is 0 Å². The summed E-state index contributed by atoms with van der Waals surface area (Å²) in [6.07, 6.45) is 8.50. The van der Waals surface area contributed by atoms with Crippen molar-refractivity contribution in [2.45, 2.75) is 63.6 Å². The molecule has 1 saturated carbocycles. The first-order chi connectivity index (χ1) is 11.8. The summed E-state index contributed by atoms with van der Waals surface area (Å²) in [5, 5.41) is 5.45. The molecule has 1 aromatic heterocycles. The Morgan fingerprint density at radius 3 is 2.67 bits per heavy atom. The normalized spacial score (nSPS) is 26.5. The van der Waals surface area contributed by atoms with Crippen LogP contribution in [0.3, 0.4) is 0 Å². The summed E-state index contributed by atoms with van der Waals surface area (Å²) in [7, 11) is 0. The Kier molecular flexibility index (Phi) is 5.03. The monoisotopic (exact) mass is 348 g/mol. The zero-order chi connectivity index (χ0) is 16.4. The topological polar surface area (TPSA) is 48.5 Å². The summed E-state index contributed by atoms with van der Waals surface area (Å²) in [5.41, 5.74) is 3.07. The van der Waals surface area contributed by atoms with Gasteiger partial charge in [-0.05, 0) is 44.4 Å². The Hall–Kier alpha value is -1.14. The maximum atomic E-state index is 12.7. The second-order valence-electron chi connectivity index (χ2n) is 7.57. The maximum absolute atomic E-state index is 12.7. The summed E-state index contributed by atoms with van der Waals surface area (Å²) in [6.45, 7) is 4.00. The van der Waals surface area contributed by atoms with Crippen LogP contribution in [0.1, 0.15) is 50.6 Å². The van der Waals surface area contributed by atoms with E-state index < -0.39 is 0 Å². The van der Waals surface area contributed by atoms with Gasteiger partial charge in [-0.1, -0.05) is 6.42 Å². The molecule has 0 bridgehead atoms. The van der Waals surface area contributed by atoms with Gasteiger partial charge in [0.05, 0.1) is 11.2 Å². The molecule has 3 heterocycles. The van der Waals surface area contributed by atoms with E-state index in [0.29, 0.717) is 12.1 Å². The van der Waals surface area contributed by atoms with Crippen molar-refractivity contribution in [3.05, 3.63) is 16.6 Å². The molecule has 5 nitrogen and oxygen atoms in total. The fourth-order valence-corrected chi connectivity index (χ4v) is 4.95. The SMILES string of the molecule is O=C(NC1CCN(Cc2cscn2)CC1)N1CCC[C@@H]1C1CCC1. The second kappa shape index (κ2) is 7.40. The van der Waals surface area contributed by atoms with Crippen molar-refractivity contribution in [2.75, 3.05) is 19.6 Å². The van der Waals surface area contributed by atoms with Crippen molar-refractivity contribution in [3.63, 3.8) is 0 Å². The molecule has 1 N–H and O–H groups in total. The Labute approximate surface area is 148 Å². The first-order valence-corrected chi connectivity index (χ1v) is 10.4. The Morgan fingerprint density at radius 1 is 1.17 bits per heavy atom. The van der Waals surface area contributed by atoms with Crippen molar-refractivity contribution >= 4 is 17.4 Å². The molecule has 3 aliphatic rings. The van der Waals surface area contributed by atoms with E-state index in [1.54, 1.807) is 11.3 Å². The summed E-state index contributed by atoms with van der Waals surface area (Å²) in [6, 6.07) is 1.05. The van der Waals surface area contributed by atoms with E-state index >= 15 is 0 Å². The van der Waals surface area contributed by atoms with Gasteiger partial charge in [-0.25, -0.2) is 9.78 Å². The lowest BCUT2D eigenvalue weighted by atomic mass is 9.79. The van der Waals surface area contributed by atoms with Crippen molar-refractivity contribution in [2.24, 2.45) is 5.92 Å². The highest BCUT2D eigenvalue weighted by Gasteiger charge is 2.37. The summed E-state index contributed by atoms with van der Waals surface area (Å²) < 4.78 is 0. The second-order valence-corrected chi connectivity index (χ2v) is 8.29. The third-order valence-electron chi connectivity index (χ3n) is 6.04. The molecule has 1 aliphatic carbocycles. The average molecular weight is 349 g/mol. The van der Waals surface area contributed by atoms with E-state index in [1.807, 2.05) is 5.51 Å². The molecule has 132 valence electrons. The number of amides is 2. The standard InChI is InChI=1S/C18H28N4OS/c23-18(22-8-2-5-17(22)14-3-1-4-14)20-15-6-9-21(10-7-15)11-16-12-24-13-19-16/h12-15,17H,1-11H2,(H,20,23)/t17-/m1/s1. The minimum Gasteiger partial charge on any atom is -0.335 e. The molecular formula is C18H28N4OS. The van der Waals surface area contributed by atoms with E-state index in [9.17, 15) is 4.79 Å². The number of thiazole rings is 1.